The molecule has 19 heavy (non-hydrogen) atoms. The molecule has 0 amide bonds. The number of aromatic amines is 1. The number of aryl methyl sites for hydroxylation is 2. The molecular weight excluding hydrogens is 244 g/mol. The molecule has 4 aromatic rings. The number of nitrogen functional groups attached to an aromatic ring is 1. The van der Waals surface area contributed by atoms with Crippen molar-refractivity contribution in [2.75, 3.05) is 5.73 Å². The Kier molecular flexibility index (Phi) is 1.69. The van der Waals surface area contributed by atoms with E-state index in [-0.39, 0.29) is 0 Å². The van der Waals surface area contributed by atoms with Crippen LogP contribution < -0.4 is 19.5 Å². The van der Waals surface area contributed by atoms with E-state index in [1.54, 1.807) is 12.4 Å². The van der Waals surface area contributed by atoms with Crippen LogP contribution in [0.4, 0.5) is 5.82 Å². The minimum Gasteiger partial charge on any atom is -0.361 e. The summed E-state index contributed by atoms with van der Waals surface area (Å²) in [5.41, 5.74) is 9.49. The Labute approximate surface area is 107 Å². The molecular formula is C11H13N8+3. The van der Waals surface area contributed by atoms with Crippen LogP contribution in [0.1, 0.15) is 0 Å². The fourth-order valence-corrected chi connectivity index (χ4v) is 2.43. The van der Waals surface area contributed by atoms with E-state index < -0.39 is 0 Å². The van der Waals surface area contributed by atoms with Crippen LogP contribution in [-0.2, 0) is 14.1 Å². The zero-order valence-electron chi connectivity index (χ0n) is 10.6. The summed E-state index contributed by atoms with van der Waals surface area (Å²) >= 11 is 0. The van der Waals surface area contributed by atoms with Crippen molar-refractivity contribution in [1.29, 1.82) is 0 Å². The van der Waals surface area contributed by atoms with E-state index in [9.17, 15) is 0 Å². The van der Waals surface area contributed by atoms with E-state index in [0.29, 0.717) is 17.0 Å². The van der Waals surface area contributed by atoms with Crippen LogP contribution in [0.15, 0.2) is 24.8 Å². The molecule has 0 bridgehead atoms. The number of hydrogen-bond donors (Lipinski definition) is 2. The molecule has 0 aliphatic rings. The van der Waals surface area contributed by atoms with E-state index in [4.69, 9.17) is 5.73 Å². The summed E-state index contributed by atoms with van der Waals surface area (Å²) in [6.45, 7) is 0. The third kappa shape index (κ3) is 1.10. The number of anilines is 1. The summed E-state index contributed by atoms with van der Waals surface area (Å²) < 4.78 is 7.68. The summed E-state index contributed by atoms with van der Waals surface area (Å²) in [6.07, 6.45) is 7.24. The lowest BCUT2D eigenvalue weighted by atomic mass is 10.5. The summed E-state index contributed by atoms with van der Waals surface area (Å²) in [5.74, 6) is 0.566. The first kappa shape index (κ1) is 10.2. The van der Waals surface area contributed by atoms with E-state index in [2.05, 4.69) is 15.1 Å². The second-order valence-corrected chi connectivity index (χ2v) is 4.54. The highest BCUT2D eigenvalue weighted by Gasteiger charge is 2.35. The lowest BCUT2D eigenvalue weighted by molar-refractivity contribution is -0.695. The Morgan fingerprint density at radius 2 is 1.89 bits per heavy atom. The fourth-order valence-electron chi connectivity index (χ4n) is 2.43. The third-order valence-corrected chi connectivity index (χ3v) is 3.38. The van der Waals surface area contributed by atoms with E-state index in [1.165, 1.54) is 0 Å². The van der Waals surface area contributed by atoms with Gasteiger partial charge in [0, 0.05) is 4.52 Å². The highest BCUT2D eigenvalue weighted by Crippen LogP contribution is 2.15. The van der Waals surface area contributed by atoms with E-state index in [0.717, 1.165) is 11.3 Å². The SMILES string of the molecule is C[n+]1cc[n+](C)c2c1[nH][n+]1c3nccnc3c(N)n21. The van der Waals surface area contributed by atoms with Crippen molar-refractivity contribution in [2.45, 2.75) is 0 Å². The Bertz CT molecular complexity index is 948. The van der Waals surface area contributed by atoms with Gasteiger partial charge in [-0.05, 0) is 10.1 Å². The van der Waals surface area contributed by atoms with Crippen LogP contribution in [0.5, 0.6) is 0 Å². The molecule has 0 unspecified atom stereocenters. The molecule has 0 aromatic carbocycles. The third-order valence-electron chi connectivity index (χ3n) is 3.38. The smallest absolute Gasteiger partial charge is 0.361 e. The highest BCUT2D eigenvalue weighted by molar-refractivity contribution is 5.80. The van der Waals surface area contributed by atoms with E-state index >= 15 is 0 Å². The summed E-state index contributed by atoms with van der Waals surface area (Å²) in [6, 6.07) is 0. The second kappa shape index (κ2) is 3.16. The lowest BCUT2D eigenvalue weighted by Gasteiger charge is -1.90. The van der Waals surface area contributed by atoms with Gasteiger partial charge in [-0.3, -0.25) is 0 Å². The van der Waals surface area contributed by atoms with Crippen molar-refractivity contribution < 1.29 is 13.8 Å². The molecule has 0 atom stereocenters. The van der Waals surface area contributed by atoms with Gasteiger partial charge in [-0.15, -0.1) is 0 Å². The maximum atomic E-state index is 6.20. The average Bonchev–Trinajstić information content (AvgIpc) is 2.94. The van der Waals surface area contributed by atoms with Crippen LogP contribution in [0.2, 0.25) is 0 Å². The van der Waals surface area contributed by atoms with Gasteiger partial charge in [-0.1, -0.05) is 0 Å². The standard InChI is InChI=1S/C11H11N8/c1-16-5-6-17(2)11-10(16)15-19-9-7(8(12)18(11)19)13-3-4-14-9/h3-6,12H,1-2H3/q+1/p+2. The summed E-state index contributed by atoms with van der Waals surface area (Å²) in [7, 11) is 3.95. The van der Waals surface area contributed by atoms with Gasteiger partial charge in [0.2, 0.25) is 5.52 Å². The van der Waals surface area contributed by atoms with Gasteiger partial charge in [0.25, 0.3) is 5.82 Å². The number of nitrogens with zero attached hydrogens (tertiary/aromatic N) is 6. The maximum absolute atomic E-state index is 6.20. The number of nitrogens with two attached hydrogens (primary N) is 1. The van der Waals surface area contributed by atoms with Crippen molar-refractivity contribution in [1.82, 2.24) is 19.6 Å². The zero-order chi connectivity index (χ0) is 13.1. The molecule has 0 saturated heterocycles. The van der Waals surface area contributed by atoms with Crippen LogP contribution in [0, 0.1) is 0 Å². The van der Waals surface area contributed by atoms with Gasteiger partial charge in [0.05, 0.1) is 20.3 Å². The average molecular weight is 257 g/mol. The molecule has 0 aliphatic heterocycles. The molecule has 3 N–H and O–H groups in total. The molecule has 8 heteroatoms. The lowest BCUT2D eigenvalue weighted by Crippen LogP contribution is -2.39. The Morgan fingerprint density at radius 1 is 1.16 bits per heavy atom. The molecule has 94 valence electrons. The molecule has 8 nitrogen and oxygen atoms in total. The molecule has 0 aliphatic carbocycles. The second-order valence-electron chi connectivity index (χ2n) is 4.54. The molecule has 0 spiro atoms. The Morgan fingerprint density at radius 3 is 2.74 bits per heavy atom. The first-order chi connectivity index (χ1) is 9.18. The topological polar surface area (TPSA) is 83.9 Å². The fraction of sp³-hybridized carbons (Fsp3) is 0.182. The molecule has 0 fully saturated rings. The zero-order valence-corrected chi connectivity index (χ0v) is 10.6. The van der Waals surface area contributed by atoms with Gasteiger partial charge in [0.1, 0.15) is 17.0 Å². The Hall–Kier alpha value is -2.77. The number of rotatable bonds is 0. The van der Waals surface area contributed by atoms with Gasteiger partial charge in [0.15, 0.2) is 6.20 Å². The molecule has 0 saturated carbocycles. The molecule has 4 aromatic heterocycles. The van der Waals surface area contributed by atoms with Crippen LogP contribution in [0.25, 0.3) is 22.5 Å². The first-order valence-electron chi connectivity index (χ1n) is 5.87. The van der Waals surface area contributed by atoms with Crippen molar-refractivity contribution in [3.8, 4) is 0 Å². The predicted octanol–water partition coefficient (Wildman–Crippen LogP) is -1.82. The largest absolute Gasteiger partial charge is 0.439 e. The summed E-state index contributed by atoms with van der Waals surface area (Å²) in [5, 5.41) is 3.29. The van der Waals surface area contributed by atoms with Crippen molar-refractivity contribution in [3.63, 3.8) is 0 Å². The van der Waals surface area contributed by atoms with Crippen LogP contribution in [0.3, 0.4) is 0 Å². The van der Waals surface area contributed by atoms with Gasteiger partial charge in [-0.25, -0.2) is 14.1 Å². The monoisotopic (exact) mass is 257 g/mol. The Balaban J connectivity index is 2.40. The first-order valence-corrected chi connectivity index (χ1v) is 5.87. The number of hydrogen-bond acceptors (Lipinski definition) is 3. The van der Waals surface area contributed by atoms with Gasteiger partial charge >= 0.3 is 16.9 Å². The molecule has 4 heterocycles. The minimum absolute atomic E-state index is 0.566. The quantitative estimate of drug-likeness (QED) is 0.364. The molecule has 4 rings (SSSR count). The van der Waals surface area contributed by atoms with Gasteiger partial charge in [-0.2, -0.15) is 0 Å². The van der Waals surface area contributed by atoms with Crippen LogP contribution in [-0.4, -0.2) is 19.6 Å². The predicted molar refractivity (Wildman–Crippen MR) is 64.8 cm³/mol. The maximum Gasteiger partial charge on any atom is 0.439 e. The summed E-state index contributed by atoms with van der Waals surface area (Å²) in [4.78, 5) is 8.62. The molecule has 0 radical (unpaired) electrons. The van der Waals surface area contributed by atoms with Gasteiger partial charge < -0.3 is 5.73 Å². The number of aromatic nitrogens is 7. The normalized spacial score (nSPS) is 11.9. The van der Waals surface area contributed by atoms with Crippen LogP contribution >= 0.6 is 0 Å². The van der Waals surface area contributed by atoms with Crippen molar-refractivity contribution in [3.05, 3.63) is 24.8 Å². The van der Waals surface area contributed by atoms with Crippen molar-refractivity contribution >= 4 is 28.3 Å². The minimum atomic E-state index is 0.566. The highest BCUT2D eigenvalue weighted by atomic mass is 15.5. The van der Waals surface area contributed by atoms with E-state index in [1.807, 2.05) is 44.8 Å². The number of nitrogens with one attached hydrogen (secondary N) is 1. The number of H-pyrrole nitrogens is 1. The van der Waals surface area contributed by atoms with Crippen molar-refractivity contribution in [2.24, 2.45) is 14.1 Å². The number of fused-ring (bicyclic) bond motifs is 5.